The zero-order valence-electron chi connectivity index (χ0n) is 9.08. The van der Waals surface area contributed by atoms with Crippen LogP contribution in [-0.2, 0) is 4.74 Å². The molecule has 0 aromatic heterocycles. The van der Waals surface area contributed by atoms with E-state index in [2.05, 4.69) is 42.6 Å². The standard InChI is InChI=1S/C13H15NO/c1-9-7-13(2)8-12(15-9)10-5-3-4-6-11(10)14-13/h3-7,12,14H,8H2,1-2H3. The lowest BCUT2D eigenvalue weighted by Gasteiger charge is -2.43. The molecule has 2 unspecified atom stereocenters. The Morgan fingerprint density at radius 1 is 1.40 bits per heavy atom. The lowest BCUT2D eigenvalue weighted by Crippen LogP contribution is -2.41. The minimum atomic E-state index is 0.0569. The van der Waals surface area contributed by atoms with Crippen molar-refractivity contribution in [1.29, 1.82) is 0 Å². The average Bonchev–Trinajstić information content (AvgIpc) is 2.15. The van der Waals surface area contributed by atoms with Gasteiger partial charge in [0.15, 0.2) is 0 Å². The fourth-order valence-corrected chi connectivity index (χ4v) is 2.65. The Morgan fingerprint density at radius 3 is 3.07 bits per heavy atom. The lowest BCUT2D eigenvalue weighted by molar-refractivity contribution is 0.0748. The van der Waals surface area contributed by atoms with Crippen molar-refractivity contribution in [2.45, 2.75) is 31.9 Å². The molecule has 1 aromatic rings. The third-order valence-electron chi connectivity index (χ3n) is 3.19. The molecular formula is C13H15NO. The molecule has 2 atom stereocenters. The van der Waals surface area contributed by atoms with Crippen LogP contribution in [0.5, 0.6) is 0 Å². The van der Waals surface area contributed by atoms with Crippen molar-refractivity contribution in [1.82, 2.24) is 0 Å². The number of rotatable bonds is 0. The molecule has 1 aromatic carbocycles. The van der Waals surface area contributed by atoms with E-state index in [-0.39, 0.29) is 11.6 Å². The van der Waals surface area contributed by atoms with Crippen LogP contribution in [0.4, 0.5) is 5.69 Å². The second kappa shape index (κ2) is 2.78. The fourth-order valence-electron chi connectivity index (χ4n) is 2.65. The van der Waals surface area contributed by atoms with E-state index in [9.17, 15) is 0 Å². The van der Waals surface area contributed by atoms with Gasteiger partial charge in [0.05, 0.1) is 11.3 Å². The van der Waals surface area contributed by atoms with Crippen LogP contribution in [0.15, 0.2) is 36.1 Å². The third-order valence-corrected chi connectivity index (χ3v) is 3.19. The number of anilines is 1. The summed E-state index contributed by atoms with van der Waals surface area (Å²) in [4.78, 5) is 0. The maximum Gasteiger partial charge on any atom is 0.128 e. The quantitative estimate of drug-likeness (QED) is 0.695. The number of allylic oxidation sites excluding steroid dienone is 1. The van der Waals surface area contributed by atoms with E-state index in [0.717, 1.165) is 12.2 Å². The Kier molecular flexibility index (Phi) is 1.64. The Bertz CT molecular complexity index is 438. The van der Waals surface area contributed by atoms with Crippen LogP contribution in [0.25, 0.3) is 0 Å². The minimum absolute atomic E-state index is 0.0569. The second-order valence-electron chi connectivity index (χ2n) is 4.70. The highest BCUT2D eigenvalue weighted by Gasteiger charge is 2.38. The van der Waals surface area contributed by atoms with Crippen LogP contribution in [0.1, 0.15) is 31.9 Å². The molecule has 15 heavy (non-hydrogen) atoms. The lowest BCUT2D eigenvalue weighted by atomic mass is 9.83. The van der Waals surface area contributed by atoms with Gasteiger partial charge < -0.3 is 10.1 Å². The summed E-state index contributed by atoms with van der Waals surface area (Å²) in [6.07, 6.45) is 3.42. The topological polar surface area (TPSA) is 21.3 Å². The van der Waals surface area contributed by atoms with Crippen molar-refractivity contribution < 1.29 is 4.74 Å². The van der Waals surface area contributed by atoms with Gasteiger partial charge in [0.25, 0.3) is 0 Å². The number of nitrogens with one attached hydrogen (secondary N) is 1. The summed E-state index contributed by atoms with van der Waals surface area (Å²) >= 11 is 0. The van der Waals surface area contributed by atoms with Crippen LogP contribution < -0.4 is 5.32 Å². The molecule has 2 nitrogen and oxygen atoms in total. The highest BCUT2D eigenvalue weighted by Crippen LogP contribution is 2.44. The predicted octanol–water partition coefficient (Wildman–Crippen LogP) is 3.24. The summed E-state index contributed by atoms with van der Waals surface area (Å²) in [5, 5.41) is 3.58. The summed E-state index contributed by atoms with van der Waals surface area (Å²) in [7, 11) is 0. The number of hydrogen-bond acceptors (Lipinski definition) is 2. The molecule has 3 rings (SSSR count). The van der Waals surface area contributed by atoms with Crippen molar-refractivity contribution in [3.63, 3.8) is 0 Å². The van der Waals surface area contributed by atoms with Crippen molar-refractivity contribution in [2.75, 3.05) is 5.32 Å². The van der Waals surface area contributed by atoms with E-state index in [0.29, 0.717) is 0 Å². The number of fused-ring (bicyclic) bond motifs is 4. The first-order valence-corrected chi connectivity index (χ1v) is 5.40. The maximum atomic E-state index is 5.87. The largest absolute Gasteiger partial charge is 0.490 e. The van der Waals surface area contributed by atoms with Gasteiger partial charge in [-0.05, 0) is 26.0 Å². The van der Waals surface area contributed by atoms with Crippen LogP contribution in [0.3, 0.4) is 0 Å². The number of hydrogen-bond donors (Lipinski definition) is 1. The van der Waals surface area contributed by atoms with Crippen molar-refractivity contribution >= 4 is 5.69 Å². The van der Waals surface area contributed by atoms with E-state index >= 15 is 0 Å². The van der Waals surface area contributed by atoms with E-state index in [1.165, 1.54) is 11.3 Å². The van der Waals surface area contributed by atoms with Gasteiger partial charge >= 0.3 is 0 Å². The normalized spacial score (nSPS) is 32.1. The van der Waals surface area contributed by atoms with Gasteiger partial charge in [0, 0.05) is 17.7 Å². The molecule has 2 aliphatic heterocycles. The van der Waals surface area contributed by atoms with Gasteiger partial charge in [0.2, 0.25) is 0 Å². The number of para-hydroxylation sites is 1. The molecule has 0 amide bonds. The molecule has 2 aliphatic rings. The van der Waals surface area contributed by atoms with Gasteiger partial charge in [0.1, 0.15) is 6.10 Å². The molecule has 1 N–H and O–H groups in total. The van der Waals surface area contributed by atoms with Crippen molar-refractivity contribution in [2.24, 2.45) is 0 Å². The summed E-state index contributed by atoms with van der Waals surface area (Å²) in [6.45, 7) is 4.25. The SMILES string of the molecule is CC1=CC2(C)CC(O1)c1ccccc1N2. The minimum Gasteiger partial charge on any atom is -0.490 e. The fraction of sp³-hybridized carbons (Fsp3) is 0.385. The van der Waals surface area contributed by atoms with Gasteiger partial charge in [-0.3, -0.25) is 0 Å². The highest BCUT2D eigenvalue weighted by atomic mass is 16.5. The van der Waals surface area contributed by atoms with E-state index < -0.39 is 0 Å². The van der Waals surface area contributed by atoms with E-state index in [1.807, 2.05) is 6.92 Å². The van der Waals surface area contributed by atoms with Crippen molar-refractivity contribution in [3.05, 3.63) is 41.7 Å². The molecule has 2 heterocycles. The Morgan fingerprint density at radius 2 is 2.20 bits per heavy atom. The van der Waals surface area contributed by atoms with Crippen LogP contribution in [0.2, 0.25) is 0 Å². The average molecular weight is 201 g/mol. The summed E-state index contributed by atoms with van der Waals surface area (Å²) in [6, 6.07) is 8.40. The first kappa shape index (κ1) is 8.84. The van der Waals surface area contributed by atoms with E-state index in [1.54, 1.807) is 0 Å². The third kappa shape index (κ3) is 1.32. The molecule has 0 saturated carbocycles. The molecule has 2 bridgehead atoms. The molecular weight excluding hydrogens is 186 g/mol. The summed E-state index contributed by atoms with van der Waals surface area (Å²) in [5.74, 6) is 1.02. The van der Waals surface area contributed by atoms with Crippen LogP contribution in [0, 0.1) is 0 Å². The maximum absolute atomic E-state index is 5.87. The monoisotopic (exact) mass is 201 g/mol. The second-order valence-corrected chi connectivity index (χ2v) is 4.70. The van der Waals surface area contributed by atoms with Gasteiger partial charge in [-0.25, -0.2) is 0 Å². The Balaban J connectivity index is 2.12. The summed E-state index contributed by atoms with van der Waals surface area (Å²) in [5.41, 5.74) is 2.55. The molecule has 2 heteroatoms. The molecule has 0 spiro atoms. The van der Waals surface area contributed by atoms with Gasteiger partial charge in [-0.15, -0.1) is 0 Å². The van der Waals surface area contributed by atoms with Crippen LogP contribution >= 0.6 is 0 Å². The molecule has 0 radical (unpaired) electrons. The highest BCUT2D eigenvalue weighted by molar-refractivity contribution is 5.58. The summed E-state index contributed by atoms with van der Waals surface area (Å²) < 4.78 is 5.87. The van der Waals surface area contributed by atoms with Gasteiger partial charge in [-0.2, -0.15) is 0 Å². The molecule has 0 aliphatic carbocycles. The van der Waals surface area contributed by atoms with Crippen molar-refractivity contribution in [3.8, 4) is 0 Å². The first-order valence-electron chi connectivity index (χ1n) is 5.40. The van der Waals surface area contributed by atoms with Crippen LogP contribution in [-0.4, -0.2) is 5.54 Å². The molecule has 0 saturated heterocycles. The smallest absolute Gasteiger partial charge is 0.128 e. The zero-order valence-corrected chi connectivity index (χ0v) is 9.08. The first-order chi connectivity index (χ1) is 7.16. The molecule has 78 valence electrons. The zero-order chi connectivity index (χ0) is 10.5. The molecule has 0 fully saturated rings. The number of benzene rings is 1. The Labute approximate surface area is 89.9 Å². The van der Waals surface area contributed by atoms with Gasteiger partial charge in [-0.1, -0.05) is 18.2 Å². The predicted molar refractivity (Wildman–Crippen MR) is 60.7 cm³/mol. The van der Waals surface area contributed by atoms with E-state index in [4.69, 9.17) is 4.74 Å². The number of ether oxygens (including phenoxy) is 1. The Hall–Kier alpha value is -1.44.